The van der Waals surface area contributed by atoms with Crippen molar-refractivity contribution in [3.05, 3.63) is 107 Å². The van der Waals surface area contributed by atoms with Gasteiger partial charge in [0.1, 0.15) is 5.69 Å². The Hall–Kier alpha value is -3.79. The molecular weight excluding hydrogens is 510 g/mol. The summed E-state index contributed by atoms with van der Waals surface area (Å²) in [7, 11) is -3.44. The van der Waals surface area contributed by atoms with E-state index in [-0.39, 0.29) is 11.9 Å². The lowest BCUT2D eigenvalue weighted by Gasteiger charge is -2.23. The van der Waals surface area contributed by atoms with Crippen molar-refractivity contribution in [1.29, 1.82) is 0 Å². The van der Waals surface area contributed by atoms with E-state index < -0.39 is 9.84 Å². The minimum atomic E-state index is -3.44. The second-order valence-corrected chi connectivity index (χ2v) is 12.1. The number of nitrogens with zero attached hydrogens (tertiary/aromatic N) is 2. The average molecular weight is 544 g/mol. The first kappa shape index (κ1) is 26.8. The number of aryl methyl sites for hydroxylation is 1. The summed E-state index contributed by atoms with van der Waals surface area (Å²) in [6.07, 6.45) is 3.57. The van der Waals surface area contributed by atoms with Gasteiger partial charge in [-0.3, -0.25) is 4.79 Å². The number of rotatable bonds is 10. The maximum atomic E-state index is 13.4. The molecule has 1 saturated carbocycles. The Labute approximate surface area is 229 Å². The highest BCUT2D eigenvalue weighted by Gasteiger charge is 2.26. The Bertz CT molecular complexity index is 1610. The molecule has 3 aromatic carbocycles. The minimum absolute atomic E-state index is 0.298. The fraction of sp³-hybridized carbons (Fsp3) is 0.267. The minimum Gasteiger partial charge on any atom is -0.326 e. The number of hydrogen-bond donors (Lipinski definition) is 3. The number of nitrogens with two attached hydrogens (primary N) is 1. The van der Waals surface area contributed by atoms with E-state index in [1.807, 2.05) is 67.6 Å². The molecule has 5 rings (SSSR count). The van der Waals surface area contributed by atoms with E-state index in [0.29, 0.717) is 40.0 Å². The molecule has 4 N–H and O–H groups in total. The van der Waals surface area contributed by atoms with Crippen LogP contribution in [0.15, 0.2) is 83.8 Å². The predicted octanol–water partition coefficient (Wildman–Crippen LogP) is 4.38. The third-order valence-corrected chi connectivity index (χ3v) is 8.04. The first-order chi connectivity index (χ1) is 18.7. The van der Waals surface area contributed by atoms with Crippen LogP contribution in [0.5, 0.6) is 0 Å². The fourth-order valence-electron chi connectivity index (χ4n) is 4.73. The Morgan fingerprint density at radius 1 is 1.05 bits per heavy atom. The van der Waals surface area contributed by atoms with Crippen LogP contribution in [-0.4, -0.2) is 36.9 Å². The summed E-state index contributed by atoms with van der Waals surface area (Å²) in [6.45, 7) is 3.02. The van der Waals surface area contributed by atoms with Crippen LogP contribution in [0.3, 0.4) is 0 Å². The van der Waals surface area contributed by atoms with Crippen molar-refractivity contribution in [2.75, 3.05) is 18.1 Å². The molecule has 0 spiro atoms. The van der Waals surface area contributed by atoms with Crippen LogP contribution in [0, 0.1) is 12.8 Å². The van der Waals surface area contributed by atoms with Gasteiger partial charge in [-0.05, 0) is 85.3 Å². The predicted molar refractivity (Wildman–Crippen MR) is 153 cm³/mol. The molecule has 1 unspecified atom stereocenters. The largest absolute Gasteiger partial charge is 0.326 e. The number of amides is 1. The molecule has 4 aromatic rings. The van der Waals surface area contributed by atoms with Gasteiger partial charge in [0.2, 0.25) is 0 Å². The summed E-state index contributed by atoms with van der Waals surface area (Å²) in [5.74, 6) is 0.298. The van der Waals surface area contributed by atoms with Gasteiger partial charge in [-0.1, -0.05) is 42.5 Å². The van der Waals surface area contributed by atoms with Crippen LogP contribution in [0.2, 0.25) is 0 Å². The van der Waals surface area contributed by atoms with E-state index in [1.165, 1.54) is 19.1 Å². The van der Waals surface area contributed by atoms with E-state index in [9.17, 15) is 13.2 Å². The lowest BCUT2D eigenvalue weighted by atomic mass is 9.97. The molecule has 8 nitrogen and oxygen atoms in total. The van der Waals surface area contributed by atoms with Gasteiger partial charge in [0.05, 0.1) is 22.3 Å². The number of aromatic nitrogens is 2. The highest BCUT2D eigenvalue weighted by molar-refractivity contribution is 7.90. The van der Waals surface area contributed by atoms with Gasteiger partial charge >= 0.3 is 0 Å². The molecule has 1 aromatic heterocycles. The first-order valence-corrected chi connectivity index (χ1v) is 14.9. The zero-order valence-corrected chi connectivity index (χ0v) is 22.9. The van der Waals surface area contributed by atoms with E-state index in [0.717, 1.165) is 23.4 Å². The second kappa shape index (κ2) is 11.1. The quantitative estimate of drug-likeness (QED) is 0.273. The zero-order chi connectivity index (χ0) is 27.6. The van der Waals surface area contributed by atoms with Crippen LogP contribution in [0.25, 0.3) is 5.69 Å². The molecule has 0 saturated heterocycles. The smallest absolute Gasteiger partial charge is 0.274 e. The highest BCUT2D eigenvalue weighted by atomic mass is 32.2. The van der Waals surface area contributed by atoms with Crippen molar-refractivity contribution in [1.82, 2.24) is 15.1 Å². The van der Waals surface area contributed by atoms with Gasteiger partial charge in [-0.2, -0.15) is 5.10 Å². The molecule has 1 atom stereocenters. The van der Waals surface area contributed by atoms with Crippen molar-refractivity contribution in [2.45, 2.75) is 37.2 Å². The van der Waals surface area contributed by atoms with Gasteiger partial charge in [0, 0.05) is 18.5 Å². The molecule has 0 aliphatic heterocycles. The third-order valence-electron chi connectivity index (χ3n) is 6.87. The Morgan fingerprint density at radius 3 is 2.56 bits per heavy atom. The summed E-state index contributed by atoms with van der Waals surface area (Å²) in [6, 6.07) is 23.6. The van der Waals surface area contributed by atoms with E-state index in [1.54, 1.807) is 22.9 Å². The number of carbonyl (C=O) groups is 1. The van der Waals surface area contributed by atoms with Crippen molar-refractivity contribution in [2.24, 2.45) is 11.7 Å². The molecule has 202 valence electrons. The molecule has 1 amide bonds. The molecule has 1 fully saturated rings. The van der Waals surface area contributed by atoms with Gasteiger partial charge < -0.3 is 16.4 Å². The first-order valence-electron chi connectivity index (χ1n) is 13.0. The maximum absolute atomic E-state index is 13.4. The summed E-state index contributed by atoms with van der Waals surface area (Å²) < 4.78 is 26.8. The van der Waals surface area contributed by atoms with Crippen LogP contribution in [0.1, 0.15) is 51.8 Å². The standard InChI is InChI=1S/C30H33N5O3S/c1-20-15-27(35(34-20)25-10-5-7-22(16-25)18-31)30(36)33-24-9-6-8-23(17-24)29(32-19-21-13-14-21)26-11-3-4-12-28(26)39(2,37)38/h3-12,15-17,21,29,32H,13-14,18-19,31H2,1-2H3,(H,33,36). The summed E-state index contributed by atoms with van der Waals surface area (Å²) >= 11 is 0. The Morgan fingerprint density at radius 2 is 1.82 bits per heavy atom. The van der Waals surface area contributed by atoms with Crippen LogP contribution in [-0.2, 0) is 16.4 Å². The molecular formula is C30H33N5O3S. The second-order valence-electron chi connectivity index (χ2n) is 10.1. The Balaban J connectivity index is 1.46. The molecule has 1 aliphatic rings. The number of anilines is 1. The van der Waals surface area contributed by atoms with Crippen LogP contribution >= 0.6 is 0 Å². The lowest BCUT2D eigenvalue weighted by Crippen LogP contribution is -2.26. The average Bonchev–Trinajstić information content (AvgIpc) is 3.67. The van der Waals surface area contributed by atoms with Crippen LogP contribution in [0.4, 0.5) is 5.69 Å². The maximum Gasteiger partial charge on any atom is 0.274 e. The summed E-state index contributed by atoms with van der Waals surface area (Å²) in [5, 5.41) is 11.1. The number of nitrogens with one attached hydrogen (secondary N) is 2. The zero-order valence-electron chi connectivity index (χ0n) is 22.1. The van der Waals surface area contributed by atoms with Crippen LogP contribution < -0.4 is 16.4 Å². The van der Waals surface area contributed by atoms with Crippen molar-refractivity contribution >= 4 is 21.4 Å². The summed E-state index contributed by atoms with van der Waals surface area (Å²) in [4.78, 5) is 13.7. The number of carbonyl (C=O) groups excluding carboxylic acids is 1. The van der Waals surface area contributed by atoms with E-state index in [4.69, 9.17) is 5.73 Å². The molecule has 0 bridgehead atoms. The Kier molecular flexibility index (Phi) is 7.65. The number of hydrogen-bond acceptors (Lipinski definition) is 6. The molecule has 9 heteroatoms. The van der Waals surface area contributed by atoms with E-state index >= 15 is 0 Å². The van der Waals surface area contributed by atoms with Crippen molar-refractivity contribution < 1.29 is 13.2 Å². The molecule has 1 aliphatic carbocycles. The third kappa shape index (κ3) is 6.27. The fourth-order valence-corrected chi connectivity index (χ4v) is 5.67. The van der Waals surface area contributed by atoms with E-state index in [2.05, 4.69) is 15.7 Å². The SMILES string of the molecule is Cc1cc(C(=O)Nc2cccc(C(NCC3CC3)c3ccccc3S(C)(=O)=O)c2)n(-c2cccc(CN)c2)n1. The summed E-state index contributed by atoms with van der Waals surface area (Å²) in [5.41, 5.74) is 10.8. The number of sulfone groups is 1. The molecule has 39 heavy (non-hydrogen) atoms. The van der Waals surface area contributed by atoms with Crippen molar-refractivity contribution in [3.63, 3.8) is 0 Å². The lowest BCUT2D eigenvalue weighted by molar-refractivity contribution is 0.101. The van der Waals surface area contributed by atoms with Gasteiger partial charge in [-0.25, -0.2) is 13.1 Å². The van der Waals surface area contributed by atoms with Gasteiger partial charge in [0.25, 0.3) is 5.91 Å². The number of benzene rings is 3. The highest BCUT2D eigenvalue weighted by Crippen LogP contribution is 2.33. The van der Waals surface area contributed by atoms with Gasteiger partial charge in [-0.15, -0.1) is 0 Å². The van der Waals surface area contributed by atoms with Gasteiger partial charge in [0.15, 0.2) is 9.84 Å². The monoisotopic (exact) mass is 543 g/mol. The van der Waals surface area contributed by atoms with Crippen molar-refractivity contribution in [3.8, 4) is 5.69 Å². The topological polar surface area (TPSA) is 119 Å². The molecule has 0 radical (unpaired) electrons. The normalized spacial score (nSPS) is 14.2. The molecule has 1 heterocycles.